The highest BCUT2D eigenvalue weighted by Crippen LogP contribution is 2.44. The van der Waals surface area contributed by atoms with Crippen LogP contribution in [0.4, 0.5) is 5.69 Å². The number of hydrogen-bond donors (Lipinski definition) is 1. The van der Waals surface area contributed by atoms with E-state index in [1.807, 2.05) is 6.20 Å². The molecule has 8 nitrogen and oxygen atoms in total. The fraction of sp³-hybridized carbons (Fsp3) is 0.618. The van der Waals surface area contributed by atoms with E-state index in [-0.39, 0.29) is 18.1 Å². The van der Waals surface area contributed by atoms with E-state index >= 15 is 0 Å². The number of aliphatic hydroxyl groups is 1. The van der Waals surface area contributed by atoms with Crippen LogP contribution in [0.5, 0.6) is 0 Å². The fourth-order valence-corrected chi connectivity index (χ4v) is 6.73. The molecule has 1 atom stereocenters. The van der Waals surface area contributed by atoms with Crippen LogP contribution in [-0.2, 0) is 38.2 Å². The van der Waals surface area contributed by atoms with Crippen molar-refractivity contribution in [3.05, 3.63) is 41.2 Å². The van der Waals surface area contributed by atoms with Gasteiger partial charge in [0, 0.05) is 44.3 Å². The molecule has 0 radical (unpaired) electrons. The van der Waals surface area contributed by atoms with Crippen LogP contribution in [0.15, 0.2) is 24.4 Å². The van der Waals surface area contributed by atoms with Crippen molar-refractivity contribution in [2.45, 2.75) is 91.6 Å². The molecular weight excluding hydrogens is 541 g/mol. The first-order valence-corrected chi connectivity index (χ1v) is 15.9. The average molecular weight is 590 g/mol. The van der Waals surface area contributed by atoms with Crippen molar-refractivity contribution in [3.63, 3.8) is 0 Å². The number of pyridine rings is 1. The smallest absolute Gasteiger partial charge is 0.399 e. The third-order valence-electron chi connectivity index (χ3n) is 10.1. The first-order valence-electron chi connectivity index (χ1n) is 15.9. The molecule has 3 aliphatic heterocycles. The number of aliphatic hydroxyl groups excluding tert-OH is 1. The zero-order valence-corrected chi connectivity index (χ0v) is 27.2. The molecule has 2 saturated heterocycles. The number of methoxy groups -OCH3 is 1. The number of nitrogens with zero attached hydrogens (tertiary/aromatic N) is 3. The SMILES string of the molecule is CO[C@@H](C)c1ncc(N2CCOCC2)cc1-c1c(CC(C)(C)CO)c2cc(B3OC(C)(C)C(C)(C)O3)cc3c2n1CCC3. The quantitative estimate of drug-likeness (QED) is 0.369. The average Bonchev–Trinajstić information content (AvgIpc) is 3.41. The van der Waals surface area contributed by atoms with Crippen LogP contribution >= 0.6 is 0 Å². The summed E-state index contributed by atoms with van der Waals surface area (Å²) in [6.07, 6.45) is 4.57. The topological polar surface area (TPSA) is 78.2 Å². The molecule has 43 heavy (non-hydrogen) atoms. The minimum Gasteiger partial charge on any atom is -0.399 e. The van der Waals surface area contributed by atoms with Crippen LogP contribution in [-0.4, -0.2) is 73.0 Å². The number of aromatic nitrogens is 2. The van der Waals surface area contributed by atoms with Crippen molar-refractivity contribution in [2.75, 3.05) is 44.9 Å². The molecule has 0 amide bonds. The Hall–Kier alpha value is -2.43. The summed E-state index contributed by atoms with van der Waals surface area (Å²) in [5.74, 6) is 0. The second-order valence-electron chi connectivity index (χ2n) is 14.3. The summed E-state index contributed by atoms with van der Waals surface area (Å²) < 4.78 is 27.1. The number of ether oxygens (including phenoxy) is 2. The van der Waals surface area contributed by atoms with E-state index in [1.54, 1.807) is 7.11 Å². The number of morpholine rings is 1. The van der Waals surface area contributed by atoms with E-state index in [2.05, 4.69) is 76.1 Å². The Balaban J connectivity index is 1.61. The molecule has 0 saturated carbocycles. The largest absolute Gasteiger partial charge is 0.494 e. The minimum absolute atomic E-state index is 0.0935. The van der Waals surface area contributed by atoms with E-state index in [0.717, 1.165) is 61.3 Å². The predicted octanol–water partition coefficient (Wildman–Crippen LogP) is 5.05. The predicted molar refractivity (Wildman–Crippen MR) is 172 cm³/mol. The van der Waals surface area contributed by atoms with Crippen LogP contribution in [0.3, 0.4) is 0 Å². The highest BCUT2D eigenvalue weighted by atomic mass is 16.7. The van der Waals surface area contributed by atoms with Gasteiger partial charge in [-0.2, -0.15) is 0 Å². The summed E-state index contributed by atoms with van der Waals surface area (Å²) in [6.45, 7) is 18.9. The van der Waals surface area contributed by atoms with Crippen molar-refractivity contribution < 1.29 is 23.9 Å². The molecule has 0 unspecified atom stereocenters. The maximum absolute atomic E-state index is 10.5. The molecule has 2 aromatic heterocycles. The Morgan fingerprint density at radius 1 is 1.07 bits per heavy atom. The molecule has 1 aromatic carbocycles. The van der Waals surface area contributed by atoms with Crippen molar-refractivity contribution in [1.29, 1.82) is 0 Å². The van der Waals surface area contributed by atoms with Gasteiger partial charge in [-0.1, -0.05) is 26.0 Å². The maximum atomic E-state index is 10.5. The van der Waals surface area contributed by atoms with E-state index in [4.69, 9.17) is 23.8 Å². The van der Waals surface area contributed by atoms with Gasteiger partial charge in [0.2, 0.25) is 0 Å². The number of hydrogen-bond acceptors (Lipinski definition) is 7. The molecule has 0 aliphatic carbocycles. The minimum atomic E-state index is -0.437. The Kier molecular flexibility index (Phi) is 7.95. The molecule has 1 N–H and O–H groups in total. The van der Waals surface area contributed by atoms with Gasteiger partial charge >= 0.3 is 7.12 Å². The van der Waals surface area contributed by atoms with Gasteiger partial charge in [0.05, 0.1) is 59.3 Å². The summed E-state index contributed by atoms with van der Waals surface area (Å²) in [5.41, 5.74) is 8.06. The second-order valence-corrected chi connectivity index (χ2v) is 14.3. The number of aryl methyl sites for hydroxylation is 2. The molecule has 232 valence electrons. The molecule has 6 rings (SSSR count). The van der Waals surface area contributed by atoms with E-state index < -0.39 is 18.3 Å². The molecule has 2 fully saturated rings. The van der Waals surface area contributed by atoms with Gasteiger partial charge in [-0.3, -0.25) is 4.98 Å². The van der Waals surface area contributed by atoms with Crippen molar-refractivity contribution in [1.82, 2.24) is 9.55 Å². The summed E-state index contributed by atoms with van der Waals surface area (Å²) >= 11 is 0. The molecule has 9 heteroatoms. The lowest BCUT2D eigenvalue weighted by molar-refractivity contribution is 0.00578. The van der Waals surface area contributed by atoms with Crippen LogP contribution in [0, 0.1) is 5.41 Å². The van der Waals surface area contributed by atoms with Crippen LogP contribution in [0.25, 0.3) is 22.2 Å². The molecular formula is C34H48BN3O5. The highest BCUT2D eigenvalue weighted by molar-refractivity contribution is 6.62. The van der Waals surface area contributed by atoms with Gasteiger partial charge in [0.1, 0.15) is 0 Å². The lowest BCUT2D eigenvalue weighted by atomic mass is 9.76. The van der Waals surface area contributed by atoms with Gasteiger partial charge in [-0.15, -0.1) is 0 Å². The molecule has 3 aromatic rings. The van der Waals surface area contributed by atoms with E-state index in [1.165, 1.54) is 27.7 Å². The zero-order valence-electron chi connectivity index (χ0n) is 27.2. The van der Waals surface area contributed by atoms with Crippen molar-refractivity contribution >= 4 is 29.2 Å². The normalized spacial score (nSPS) is 20.7. The third-order valence-corrected chi connectivity index (χ3v) is 10.1. The Morgan fingerprint density at radius 3 is 2.42 bits per heavy atom. The van der Waals surface area contributed by atoms with E-state index in [0.29, 0.717) is 13.2 Å². The Labute approximate surface area is 256 Å². The Bertz CT molecular complexity index is 1490. The van der Waals surface area contributed by atoms with Gasteiger partial charge in [-0.25, -0.2) is 0 Å². The fourth-order valence-electron chi connectivity index (χ4n) is 6.73. The standard InChI is InChI=1S/C34H48BN3O5/c1-22(40-8)29-27(18-25(20-36-29)37-12-14-41-15-13-37)31-28(19-32(2,3)21-39)26-17-24(16-23-10-9-11-38(31)30(23)26)35-42-33(4,5)34(6,7)43-35/h16-18,20,22,39H,9-15,19,21H2,1-8H3/t22-/m0/s1. The van der Waals surface area contributed by atoms with Gasteiger partial charge < -0.3 is 33.4 Å². The summed E-state index contributed by atoms with van der Waals surface area (Å²) in [4.78, 5) is 7.41. The summed E-state index contributed by atoms with van der Waals surface area (Å²) in [6, 6.07) is 6.89. The second kappa shape index (κ2) is 11.2. The molecule has 0 bridgehead atoms. The first kappa shape index (κ1) is 30.6. The van der Waals surface area contributed by atoms with Crippen molar-refractivity contribution in [3.8, 4) is 11.3 Å². The Morgan fingerprint density at radius 2 is 1.77 bits per heavy atom. The molecule has 5 heterocycles. The first-order chi connectivity index (χ1) is 20.4. The lowest BCUT2D eigenvalue weighted by Crippen LogP contribution is -2.41. The molecule has 3 aliphatic rings. The zero-order chi connectivity index (χ0) is 30.7. The monoisotopic (exact) mass is 589 g/mol. The third kappa shape index (κ3) is 5.42. The summed E-state index contributed by atoms with van der Waals surface area (Å²) in [7, 11) is 1.31. The van der Waals surface area contributed by atoms with Crippen LogP contribution in [0.1, 0.15) is 77.8 Å². The van der Waals surface area contributed by atoms with Gasteiger partial charge in [0.15, 0.2) is 0 Å². The lowest BCUT2D eigenvalue weighted by Gasteiger charge is -2.32. The van der Waals surface area contributed by atoms with Crippen LogP contribution < -0.4 is 10.4 Å². The number of rotatable bonds is 8. The summed E-state index contributed by atoms with van der Waals surface area (Å²) in [5, 5.41) is 11.7. The maximum Gasteiger partial charge on any atom is 0.494 e. The van der Waals surface area contributed by atoms with Crippen molar-refractivity contribution in [2.24, 2.45) is 5.41 Å². The number of anilines is 1. The highest BCUT2D eigenvalue weighted by Gasteiger charge is 2.52. The number of benzene rings is 1. The molecule has 0 spiro atoms. The van der Waals surface area contributed by atoms with Crippen LogP contribution in [0.2, 0.25) is 0 Å². The van der Waals surface area contributed by atoms with E-state index in [9.17, 15) is 5.11 Å². The van der Waals surface area contributed by atoms with Gasteiger partial charge in [0.25, 0.3) is 0 Å². The van der Waals surface area contributed by atoms with Gasteiger partial charge in [-0.05, 0) is 82.0 Å².